The fourth-order valence-electron chi connectivity index (χ4n) is 3.14. The van der Waals surface area contributed by atoms with Crippen molar-refractivity contribution >= 4 is 11.8 Å². The maximum Gasteiger partial charge on any atom is 0.410 e. The Morgan fingerprint density at radius 3 is 2.81 bits per heavy atom. The zero-order chi connectivity index (χ0) is 19.4. The molecule has 6 nitrogen and oxygen atoms in total. The van der Waals surface area contributed by atoms with Crippen LogP contribution in [-0.2, 0) is 4.74 Å². The van der Waals surface area contributed by atoms with E-state index in [0.717, 1.165) is 24.0 Å². The lowest BCUT2D eigenvalue weighted by atomic mass is 10.1. The summed E-state index contributed by atoms with van der Waals surface area (Å²) in [6.45, 7) is 6.74. The number of pyridine rings is 1. The van der Waals surface area contributed by atoms with Crippen molar-refractivity contribution in [1.82, 2.24) is 9.88 Å². The zero-order valence-electron chi connectivity index (χ0n) is 16.1. The average Bonchev–Trinajstić information content (AvgIpc) is 3.07. The highest BCUT2D eigenvalue weighted by Crippen LogP contribution is 2.26. The number of anilines is 1. The molecule has 1 atom stereocenters. The van der Waals surface area contributed by atoms with Gasteiger partial charge in [0.15, 0.2) is 0 Å². The summed E-state index contributed by atoms with van der Waals surface area (Å²) in [7, 11) is 0. The van der Waals surface area contributed by atoms with Gasteiger partial charge in [-0.1, -0.05) is 12.1 Å². The minimum Gasteiger partial charge on any atom is -0.490 e. The Bertz CT molecular complexity index is 801. The molecule has 1 aromatic carbocycles. The van der Waals surface area contributed by atoms with E-state index in [0.29, 0.717) is 24.6 Å². The quantitative estimate of drug-likeness (QED) is 0.821. The van der Waals surface area contributed by atoms with Gasteiger partial charge >= 0.3 is 6.09 Å². The molecule has 2 aromatic rings. The predicted molar refractivity (Wildman–Crippen MR) is 106 cm³/mol. The fraction of sp³-hybridized carbons (Fsp3) is 0.429. The van der Waals surface area contributed by atoms with Crippen LogP contribution in [0.15, 0.2) is 42.7 Å². The minimum absolute atomic E-state index is 0.0101. The molecule has 0 radical (unpaired) electrons. The SMILES string of the molecule is CC(C)(C)OC(=O)N1CCC[C@H]1COc1cncc(-c2cccc(N)c2)c1. The highest BCUT2D eigenvalue weighted by atomic mass is 16.6. The number of carbonyl (C=O) groups excluding carboxylic acids is 1. The summed E-state index contributed by atoms with van der Waals surface area (Å²) >= 11 is 0. The van der Waals surface area contributed by atoms with E-state index >= 15 is 0 Å². The summed E-state index contributed by atoms with van der Waals surface area (Å²) in [6.07, 6.45) is 5.05. The Labute approximate surface area is 160 Å². The van der Waals surface area contributed by atoms with Crippen LogP contribution in [0.25, 0.3) is 11.1 Å². The Balaban J connectivity index is 1.64. The van der Waals surface area contributed by atoms with Gasteiger partial charge in [-0.05, 0) is 57.4 Å². The zero-order valence-corrected chi connectivity index (χ0v) is 16.1. The lowest BCUT2D eigenvalue weighted by Gasteiger charge is -2.28. The molecule has 1 saturated heterocycles. The molecule has 2 N–H and O–H groups in total. The number of aromatic nitrogens is 1. The Hall–Kier alpha value is -2.76. The topological polar surface area (TPSA) is 77.7 Å². The van der Waals surface area contributed by atoms with Crippen molar-refractivity contribution in [1.29, 1.82) is 0 Å². The molecule has 1 aliphatic rings. The number of ether oxygens (including phenoxy) is 2. The third-order valence-corrected chi connectivity index (χ3v) is 4.38. The molecule has 0 spiro atoms. The van der Waals surface area contributed by atoms with Crippen LogP contribution in [0.2, 0.25) is 0 Å². The van der Waals surface area contributed by atoms with Crippen LogP contribution in [0.4, 0.5) is 10.5 Å². The summed E-state index contributed by atoms with van der Waals surface area (Å²) in [5.74, 6) is 0.672. The highest BCUT2D eigenvalue weighted by molar-refractivity contribution is 5.69. The van der Waals surface area contributed by atoms with Crippen LogP contribution in [-0.4, -0.2) is 40.8 Å². The van der Waals surface area contributed by atoms with Crippen molar-refractivity contribution in [2.45, 2.75) is 45.3 Å². The predicted octanol–water partition coefficient (Wildman–Crippen LogP) is 4.11. The fourth-order valence-corrected chi connectivity index (χ4v) is 3.14. The van der Waals surface area contributed by atoms with Gasteiger partial charge in [0.05, 0.1) is 12.2 Å². The number of likely N-dealkylation sites (tertiary alicyclic amines) is 1. The normalized spacial score (nSPS) is 17.0. The van der Waals surface area contributed by atoms with E-state index in [4.69, 9.17) is 15.2 Å². The van der Waals surface area contributed by atoms with E-state index in [1.807, 2.05) is 51.1 Å². The Kier molecular flexibility index (Phi) is 5.54. The van der Waals surface area contributed by atoms with Gasteiger partial charge in [0, 0.05) is 24.0 Å². The molecule has 3 rings (SSSR count). The number of amides is 1. The van der Waals surface area contributed by atoms with Crippen LogP contribution < -0.4 is 10.5 Å². The molecule has 1 aliphatic heterocycles. The number of benzene rings is 1. The first-order chi connectivity index (χ1) is 12.8. The second-order valence-electron chi connectivity index (χ2n) is 7.82. The molecule has 144 valence electrons. The molecule has 6 heteroatoms. The summed E-state index contributed by atoms with van der Waals surface area (Å²) in [6, 6.07) is 9.60. The largest absolute Gasteiger partial charge is 0.490 e. The molecule has 0 unspecified atom stereocenters. The molecule has 0 aliphatic carbocycles. The van der Waals surface area contributed by atoms with E-state index < -0.39 is 5.60 Å². The van der Waals surface area contributed by atoms with E-state index in [2.05, 4.69) is 4.98 Å². The summed E-state index contributed by atoms with van der Waals surface area (Å²) < 4.78 is 11.4. The molecule has 2 heterocycles. The minimum atomic E-state index is -0.499. The molecule has 0 bridgehead atoms. The Morgan fingerprint density at radius 2 is 2.07 bits per heavy atom. The van der Waals surface area contributed by atoms with Crippen molar-refractivity contribution < 1.29 is 14.3 Å². The van der Waals surface area contributed by atoms with E-state index in [9.17, 15) is 4.79 Å². The second kappa shape index (κ2) is 7.86. The van der Waals surface area contributed by atoms with Crippen molar-refractivity contribution in [2.24, 2.45) is 0 Å². The van der Waals surface area contributed by atoms with Crippen molar-refractivity contribution in [3.8, 4) is 16.9 Å². The number of carbonyl (C=O) groups is 1. The average molecular weight is 369 g/mol. The van der Waals surface area contributed by atoms with Gasteiger partial charge in [-0.25, -0.2) is 4.79 Å². The number of hydrogen-bond donors (Lipinski definition) is 1. The third kappa shape index (κ3) is 5.12. The van der Waals surface area contributed by atoms with Crippen LogP contribution in [0.5, 0.6) is 5.75 Å². The molecule has 1 amide bonds. The van der Waals surface area contributed by atoms with E-state index in [-0.39, 0.29) is 12.1 Å². The molecular weight excluding hydrogens is 342 g/mol. The molecule has 27 heavy (non-hydrogen) atoms. The van der Waals surface area contributed by atoms with Gasteiger partial charge in [0.25, 0.3) is 0 Å². The van der Waals surface area contributed by atoms with Gasteiger partial charge in [0.2, 0.25) is 0 Å². The number of hydrogen-bond acceptors (Lipinski definition) is 5. The second-order valence-corrected chi connectivity index (χ2v) is 7.82. The maximum atomic E-state index is 12.4. The molecule has 1 aromatic heterocycles. The lowest BCUT2D eigenvalue weighted by Crippen LogP contribution is -2.42. The smallest absolute Gasteiger partial charge is 0.410 e. The summed E-state index contributed by atoms with van der Waals surface area (Å²) in [5.41, 5.74) is 8.00. The van der Waals surface area contributed by atoms with Crippen LogP contribution in [0, 0.1) is 0 Å². The van der Waals surface area contributed by atoms with Gasteiger partial charge < -0.3 is 20.1 Å². The van der Waals surface area contributed by atoms with Crippen molar-refractivity contribution in [3.05, 3.63) is 42.7 Å². The first-order valence-corrected chi connectivity index (χ1v) is 9.25. The monoisotopic (exact) mass is 369 g/mol. The highest BCUT2D eigenvalue weighted by Gasteiger charge is 2.32. The van der Waals surface area contributed by atoms with Gasteiger partial charge in [-0.15, -0.1) is 0 Å². The standard InChI is InChI=1S/C21H27N3O3/c1-21(2,3)27-20(25)24-9-5-8-18(24)14-26-19-11-16(12-23-13-19)15-6-4-7-17(22)10-15/h4,6-7,10-13,18H,5,8-9,14,22H2,1-3H3/t18-/m0/s1. The summed E-state index contributed by atoms with van der Waals surface area (Å²) in [4.78, 5) is 18.4. The first kappa shape index (κ1) is 19.0. The summed E-state index contributed by atoms with van der Waals surface area (Å²) in [5, 5.41) is 0. The van der Waals surface area contributed by atoms with Crippen molar-refractivity contribution in [2.75, 3.05) is 18.9 Å². The van der Waals surface area contributed by atoms with Gasteiger partial charge in [0.1, 0.15) is 18.0 Å². The lowest BCUT2D eigenvalue weighted by molar-refractivity contribution is 0.0187. The number of nitrogens with two attached hydrogens (primary N) is 1. The first-order valence-electron chi connectivity index (χ1n) is 9.25. The van der Waals surface area contributed by atoms with Gasteiger partial charge in [-0.3, -0.25) is 4.98 Å². The van der Waals surface area contributed by atoms with E-state index in [1.165, 1.54) is 0 Å². The van der Waals surface area contributed by atoms with Crippen LogP contribution in [0.1, 0.15) is 33.6 Å². The number of nitrogen functional groups attached to an aromatic ring is 1. The molecule has 0 saturated carbocycles. The molecule has 1 fully saturated rings. The maximum absolute atomic E-state index is 12.4. The van der Waals surface area contributed by atoms with Gasteiger partial charge in [-0.2, -0.15) is 0 Å². The van der Waals surface area contributed by atoms with Crippen molar-refractivity contribution in [3.63, 3.8) is 0 Å². The Morgan fingerprint density at radius 1 is 1.26 bits per heavy atom. The number of nitrogens with zero attached hydrogens (tertiary/aromatic N) is 2. The van der Waals surface area contributed by atoms with Crippen LogP contribution >= 0.6 is 0 Å². The third-order valence-electron chi connectivity index (χ3n) is 4.38. The van der Waals surface area contributed by atoms with E-state index in [1.54, 1.807) is 17.3 Å². The molecular formula is C21H27N3O3. The van der Waals surface area contributed by atoms with Crippen LogP contribution in [0.3, 0.4) is 0 Å². The number of rotatable bonds is 4.